The average Bonchev–Trinajstić information content (AvgIpc) is 2.68. The number of carbonyl (C=O) groups is 1. The van der Waals surface area contributed by atoms with Gasteiger partial charge in [-0.2, -0.15) is 0 Å². The van der Waals surface area contributed by atoms with Crippen LogP contribution in [0.5, 0.6) is 0 Å². The number of ether oxygens (including phenoxy) is 1. The minimum atomic E-state index is -0.295. The van der Waals surface area contributed by atoms with Crippen LogP contribution in [-0.4, -0.2) is 17.1 Å². The summed E-state index contributed by atoms with van der Waals surface area (Å²) < 4.78 is 5.41. The lowest BCUT2D eigenvalue weighted by Crippen LogP contribution is -2.23. The minimum absolute atomic E-state index is 0.0771. The van der Waals surface area contributed by atoms with Crippen molar-refractivity contribution in [3.8, 4) is 0 Å². The van der Waals surface area contributed by atoms with Crippen LogP contribution in [0.1, 0.15) is 43.1 Å². The van der Waals surface area contributed by atoms with E-state index >= 15 is 0 Å². The molecule has 1 aromatic rings. The van der Waals surface area contributed by atoms with E-state index in [1.165, 1.54) is 0 Å². The van der Waals surface area contributed by atoms with Gasteiger partial charge in [0.1, 0.15) is 11.8 Å². The summed E-state index contributed by atoms with van der Waals surface area (Å²) in [6.07, 6.45) is 5.91. The van der Waals surface area contributed by atoms with Crippen molar-refractivity contribution in [2.75, 3.05) is 5.73 Å². The van der Waals surface area contributed by atoms with Gasteiger partial charge in [0.05, 0.1) is 5.69 Å². The Morgan fingerprint density at radius 1 is 1.44 bits per heavy atom. The van der Waals surface area contributed by atoms with Gasteiger partial charge in [-0.05, 0) is 37.7 Å². The second-order valence-corrected chi connectivity index (χ2v) is 4.63. The van der Waals surface area contributed by atoms with Gasteiger partial charge >= 0.3 is 5.97 Å². The van der Waals surface area contributed by atoms with Gasteiger partial charge in [0.15, 0.2) is 0 Å². The van der Waals surface area contributed by atoms with E-state index in [9.17, 15) is 4.79 Å². The molecular formula is C12H18N2O2. The van der Waals surface area contributed by atoms with Crippen LogP contribution in [0.4, 0.5) is 5.69 Å². The van der Waals surface area contributed by atoms with E-state index in [1.807, 2.05) is 0 Å². The Hall–Kier alpha value is -1.45. The number of esters is 1. The molecule has 0 spiro atoms. The van der Waals surface area contributed by atoms with Crippen molar-refractivity contribution in [3.63, 3.8) is 0 Å². The maximum atomic E-state index is 11.7. The fourth-order valence-corrected chi connectivity index (χ4v) is 2.09. The molecule has 1 fully saturated rings. The first-order valence-corrected chi connectivity index (χ1v) is 5.80. The molecule has 16 heavy (non-hydrogen) atoms. The smallest absolute Gasteiger partial charge is 0.355 e. The number of nitrogen functional groups attached to an aromatic ring is 1. The van der Waals surface area contributed by atoms with Crippen molar-refractivity contribution < 1.29 is 9.53 Å². The molecule has 88 valence electrons. The molecule has 0 amide bonds. The summed E-state index contributed by atoms with van der Waals surface area (Å²) in [6, 6.07) is 1.60. The first-order valence-electron chi connectivity index (χ1n) is 5.80. The number of rotatable bonds is 2. The van der Waals surface area contributed by atoms with Crippen molar-refractivity contribution in [2.45, 2.75) is 38.7 Å². The maximum absolute atomic E-state index is 11.7. The molecule has 3 N–H and O–H groups in total. The molecule has 1 aromatic heterocycles. The molecule has 0 atom stereocenters. The maximum Gasteiger partial charge on any atom is 0.355 e. The average molecular weight is 222 g/mol. The molecule has 0 saturated heterocycles. The number of nitrogens with one attached hydrogen (secondary N) is 1. The largest absolute Gasteiger partial charge is 0.458 e. The lowest BCUT2D eigenvalue weighted by atomic mass is 9.89. The van der Waals surface area contributed by atoms with Gasteiger partial charge in [-0.1, -0.05) is 6.92 Å². The summed E-state index contributed by atoms with van der Waals surface area (Å²) in [5, 5.41) is 0. The van der Waals surface area contributed by atoms with Crippen LogP contribution < -0.4 is 5.73 Å². The van der Waals surface area contributed by atoms with E-state index in [1.54, 1.807) is 12.3 Å². The number of carbonyl (C=O) groups excluding carboxylic acids is 1. The van der Waals surface area contributed by atoms with E-state index in [-0.39, 0.29) is 12.1 Å². The first kappa shape index (κ1) is 11.0. The summed E-state index contributed by atoms with van der Waals surface area (Å²) in [6.45, 7) is 2.24. The van der Waals surface area contributed by atoms with E-state index in [0.717, 1.165) is 31.6 Å². The van der Waals surface area contributed by atoms with Crippen molar-refractivity contribution in [1.29, 1.82) is 0 Å². The van der Waals surface area contributed by atoms with Gasteiger partial charge in [0.25, 0.3) is 0 Å². The Bertz CT molecular complexity index is 365. The molecule has 1 aliphatic rings. The molecule has 1 aliphatic carbocycles. The number of hydrogen-bond donors (Lipinski definition) is 2. The van der Waals surface area contributed by atoms with E-state index in [4.69, 9.17) is 10.5 Å². The molecular weight excluding hydrogens is 204 g/mol. The second-order valence-electron chi connectivity index (χ2n) is 4.63. The quantitative estimate of drug-likeness (QED) is 0.754. The van der Waals surface area contributed by atoms with Crippen LogP contribution in [-0.2, 0) is 4.74 Å². The highest BCUT2D eigenvalue weighted by Gasteiger charge is 2.22. The monoisotopic (exact) mass is 222 g/mol. The third-order valence-electron chi connectivity index (χ3n) is 3.16. The van der Waals surface area contributed by atoms with Gasteiger partial charge in [0, 0.05) is 6.20 Å². The lowest BCUT2D eigenvalue weighted by molar-refractivity contribution is 0.0168. The van der Waals surface area contributed by atoms with Gasteiger partial charge in [-0.25, -0.2) is 4.79 Å². The van der Waals surface area contributed by atoms with Crippen molar-refractivity contribution in [1.82, 2.24) is 4.98 Å². The summed E-state index contributed by atoms with van der Waals surface area (Å²) in [7, 11) is 0. The molecule has 1 heterocycles. The SMILES string of the molecule is CC1CCC(OC(=O)c2cc(N)c[nH]2)CC1. The van der Waals surface area contributed by atoms with Gasteiger partial charge in [-0.15, -0.1) is 0 Å². The molecule has 0 radical (unpaired) electrons. The van der Waals surface area contributed by atoms with Crippen LogP contribution >= 0.6 is 0 Å². The first-order chi connectivity index (χ1) is 7.65. The van der Waals surface area contributed by atoms with Crippen LogP contribution in [0.15, 0.2) is 12.3 Å². The summed E-state index contributed by atoms with van der Waals surface area (Å²) in [5.74, 6) is 0.465. The van der Waals surface area contributed by atoms with Crippen molar-refractivity contribution >= 4 is 11.7 Å². The van der Waals surface area contributed by atoms with Crippen molar-refractivity contribution in [2.24, 2.45) is 5.92 Å². The van der Waals surface area contributed by atoms with Gasteiger partial charge in [-0.3, -0.25) is 0 Å². The zero-order valence-corrected chi connectivity index (χ0v) is 9.53. The zero-order valence-electron chi connectivity index (χ0n) is 9.53. The van der Waals surface area contributed by atoms with Gasteiger partial charge < -0.3 is 15.5 Å². The number of nitrogens with two attached hydrogens (primary N) is 1. The third-order valence-corrected chi connectivity index (χ3v) is 3.16. The predicted molar refractivity (Wildman–Crippen MR) is 62.0 cm³/mol. The highest BCUT2D eigenvalue weighted by atomic mass is 16.5. The fourth-order valence-electron chi connectivity index (χ4n) is 2.09. The topological polar surface area (TPSA) is 68.1 Å². The minimum Gasteiger partial charge on any atom is -0.458 e. The molecule has 4 heteroatoms. The number of anilines is 1. The molecule has 2 rings (SSSR count). The predicted octanol–water partition coefficient (Wildman–Crippen LogP) is 2.33. The fraction of sp³-hybridized carbons (Fsp3) is 0.583. The van der Waals surface area contributed by atoms with Crippen LogP contribution in [0.3, 0.4) is 0 Å². The lowest BCUT2D eigenvalue weighted by Gasteiger charge is -2.25. The van der Waals surface area contributed by atoms with E-state index in [2.05, 4.69) is 11.9 Å². The molecule has 0 aromatic carbocycles. The molecule has 0 aliphatic heterocycles. The third kappa shape index (κ3) is 2.56. The molecule has 4 nitrogen and oxygen atoms in total. The van der Waals surface area contributed by atoms with Gasteiger partial charge in [0.2, 0.25) is 0 Å². The van der Waals surface area contributed by atoms with E-state index in [0.29, 0.717) is 11.4 Å². The summed E-state index contributed by atoms with van der Waals surface area (Å²) >= 11 is 0. The van der Waals surface area contributed by atoms with E-state index < -0.39 is 0 Å². The number of aromatic nitrogens is 1. The zero-order chi connectivity index (χ0) is 11.5. The Kier molecular flexibility index (Phi) is 3.17. The standard InChI is InChI=1S/C12H18N2O2/c1-8-2-4-10(5-3-8)16-12(15)11-6-9(13)7-14-11/h6-8,10,14H,2-5,13H2,1H3. The Labute approximate surface area is 95.2 Å². The highest BCUT2D eigenvalue weighted by Crippen LogP contribution is 2.26. The Morgan fingerprint density at radius 2 is 2.12 bits per heavy atom. The molecule has 1 saturated carbocycles. The van der Waals surface area contributed by atoms with Crippen LogP contribution in [0.25, 0.3) is 0 Å². The Balaban J connectivity index is 1.88. The summed E-state index contributed by atoms with van der Waals surface area (Å²) in [4.78, 5) is 14.5. The van der Waals surface area contributed by atoms with Crippen molar-refractivity contribution in [3.05, 3.63) is 18.0 Å². The normalized spacial score (nSPS) is 25.3. The number of hydrogen-bond acceptors (Lipinski definition) is 3. The Morgan fingerprint density at radius 3 is 2.69 bits per heavy atom. The van der Waals surface area contributed by atoms with Crippen LogP contribution in [0, 0.1) is 5.92 Å². The van der Waals surface area contributed by atoms with Crippen LogP contribution in [0.2, 0.25) is 0 Å². The summed E-state index contributed by atoms with van der Waals surface area (Å²) in [5.41, 5.74) is 6.53. The molecule has 0 unspecified atom stereocenters. The highest BCUT2D eigenvalue weighted by molar-refractivity contribution is 5.88. The second kappa shape index (κ2) is 4.60. The number of aromatic amines is 1. The molecule has 0 bridgehead atoms. The number of H-pyrrole nitrogens is 1.